The highest BCUT2D eigenvalue weighted by Gasteiger charge is 2.28. The molecule has 2 heterocycles. The SMILES string of the molecule is O=C(CN1CCCC1)N1CCc2ccc([N+](=O)[O-])cc21. The normalized spacial score (nSPS) is 18.3. The van der Waals surface area contributed by atoms with Crippen LogP contribution in [0.15, 0.2) is 18.2 Å². The summed E-state index contributed by atoms with van der Waals surface area (Å²) in [6.45, 7) is 2.99. The van der Waals surface area contributed by atoms with Gasteiger partial charge < -0.3 is 4.90 Å². The van der Waals surface area contributed by atoms with E-state index in [2.05, 4.69) is 4.90 Å². The van der Waals surface area contributed by atoms with Gasteiger partial charge in [-0.3, -0.25) is 19.8 Å². The van der Waals surface area contributed by atoms with Crippen LogP contribution in [0.1, 0.15) is 18.4 Å². The van der Waals surface area contributed by atoms with Gasteiger partial charge in [0.1, 0.15) is 0 Å². The van der Waals surface area contributed by atoms with Crippen LogP contribution < -0.4 is 4.90 Å². The fourth-order valence-corrected chi connectivity index (χ4v) is 2.96. The molecule has 0 saturated carbocycles. The minimum Gasteiger partial charge on any atom is -0.310 e. The number of amides is 1. The third kappa shape index (κ3) is 2.38. The Bertz CT molecular complexity index is 553. The lowest BCUT2D eigenvalue weighted by atomic mass is 10.1. The summed E-state index contributed by atoms with van der Waals surface area (Å²) >= 11 is 0. The Kier molecular flexibility index (Phi) is 3.40. The highest BCUT2D eigenvalue weighted by Crippen LogP contribution is 2.31. The van der Waals surface area contributed by atoms with E-state index >= 15 is 0 Å². The molecule has 1 saturated heterocycles. The molecule has 0 aliphatic carbocycles. The molecule has 6 nitrogen and oxygen atoms in total. The molecule has 0 unspecified atom stereocenters. The first-order valence-corrected chi connectivity index (χ1v) is 6.95. The Hall–Kier alpha value is -1.95. The number of benzene rings is 1. The molecule has 2 aliphatic heterocycles. The van der Waals surface area contributed by atoms with E-state index in [-0.39, 0.29) is 11.6 Å². The van der Waals surface area contributed by atoms with Crippen molar-refractivity contribution in [2.24, 2.45) is 0 Å². The summed E-state index contributed by atoms with van der Waals surface area (Å²) in [6, 6.07) is 4.79. The lowest BCUT2D eigenvalue weighted by molar-refractivity contribution is -0.384. The smallest absolute Gasteiger partial charge is 0.271 e. The molecule has 20 heavy (non-hydrogen) atoms. The van der Waals surface area contributed by atoms with Crippen LogP contribution in [0.2, 0.25) is 0 Å². The number of nitro groups is 1. The molecule has 0 bridgehead atoms. The maximum absolute atomic E-state index is 12.4. The Balaban J connectivity index is 1.78. The number of rotatable bonds is 3. The first-order valence-electron chi connectivity index (χ1n) is 6.95. The predicted octanol–water partition coefficient (Wildman–Crippen LogP) is 1.58. The van der Waals surface area contributed by atoms with Crippen molar-refractivity contribution in [2.45, 2.75) is 19.3 Å². The van der Waals surface area contributed by atoms with Gasteiger partial charge in [-0.2, -0.15) is 0 Å². The van der Waals surface area contributed by atoms with Crippen LogP contribution in [0.5, 0.6) is 0 Å². The van der Waals surface area contributed by atoms with Crippen molar-refractivity contribution in [1.29, 1.82) is 0 Å². The van der Waals surface area contributed by atoms with E-state index < -0.39 is 4.92 Å². The van der Waals surface area contributed by atoms with Crippen molar-refractivity contribution in [3.8, 4) is 0 Å². The maximum Gasteiger partial charge on any atom is 0.271 e. The third-order valence-corrected chi connectivity index (χ3v) is 4.03. The number of fused-ring (bicyclic) bond motifs is 1. The fraction of sp³-hybridized carbons (Fsp3) is 0.500. The highest BCUT2D eigenvalue weighted by atomic mass is 16.6. The van der Waals surface area contributed by atoms with Gasteiger partial charge >= 0.3 is 0 Å². The molecule has 0 N–H and O–H groups in total. The standard InChI is InChI=1S/C14H17N3O3/c18-14(10-15-6-1-2-7-15)16-8-5-11-3-4-12(17(19)20)9-13(11)16/h3-4,9H,1-2,5-8,10H2. The molecule has 0 spiro atoms. The van der Waals surface area contributed by atoms with E-state index in [1.807, 2.05) is 0 Å². The second-order valence-electron chi connectivity index (χ2n) is 5.35. The Morgan fingerprint density at radius 3 is 2.70 bits per heavy atom. The van der Waals surface area contributed by atoms with E-state index in [1.54, 1.807) is 11.0 Å². The van der Waals surface area contributed by atoms with E-state index in [9.17, 15) is 14.9 Å². The molecule has 3 rings (SSSR count). The predicted molar refractivity (Wildman–Crippen MR) is 74.8 cm³/mol. The van der Waals surface area contributed by atoms with Crippen LogP contribution in [0, 0.1) is 10.1 Å². The van der Waals surface area contributed by atoms with Gasteiger partial charge in [-0.05, 0) is 37.9 Å². The number of nitro benzene ring substituents is 1. The van der Waals surface area contributed by atoms with Gasteiger partial charge in [0.15, 0.2) is 0 Å². The van der Waals surface area contributed by atoms with Gasteiger partial charge in [0.2, 0.25) is 5.91 Å². The van der Waals surface area contributed by atoms with Crippen LogP contribution in [-0.2, 0) is 11.2 Å². The van der Waals surface area contributed by atoms with Gasteiger partial charge in [-0.15, -0.1) is 0 Å². The summed E-state index contributed by atoms with van der Waals surface area (Å²) in [6.07, 6.45) is 3.07. The van der Waals surface area contributed by atoms with Crippen molar-refractivity contribution >= 4 is 17.3 Å². The minimum atomic E-state index is -0.415. The summed E-state index contributed by atoms with van der Waals surface area (Å²) in [5.41, 5.74) is 1.78. The van der Waals surface area contributed by atoms with Crippen LogP contribution in [0.25, 0.3) is 0 Å². The molecule has 1 aromatic rings. The molecule has 0 atom stereocenters. The number of hydrogen-bond acceptors (Lipinski definition) is 4. The number of carbonyl (C=O) groups is 1. The zero-order valence-corrected chi connectivity index (χ0v) is 11.2. The largest absolute Gasteiger partial charge is 0.310 e. The van der Waals surface area contributed by atoms with Gasteiger partial charge in [0.25, 0.3) is 5.69 Å². The van der Waals surface area contributed by atoms with Crippen molar-refractivity contribution < 1.29 is 9.72 Å². The zero-order chi connectivity index (χ0) is 14.1. The average molecular weight is 275 g/mol. The summed E-state index contributed by atoms with van der Waals surface area (Å²) in [5.74, 6) is 0.0474. The van der Waals surface area contributed by atoms with Crippen LogP contribution in [-0.4, -0.2) is 41.9 Å². The van der Waals surface area contributed by atoms with Crippen molar-refractivity contribution in [1.82, 2.24) is 4.90 Å². The highest BCUT2D eigenvalue weighted by molar-refractivity contribution is 5.97. The Morgan fingerprint density at radius 1 is 1.25 bits per heavy atom. The fourth-order valence-electron chi connectivity index (χ4n) is 2.96. The summed E-state index contributed by atoms with van der Waals surface area (Å²) in [4.78, 5) is 26.6. The summed E-state index contributed by atoms with van der Waals surface area (Å²) < 4.78 is 0. The topological polar surface area (TPSA) is 66.7 Å². The van der Waals surface area contributed by atoms with Crippen LogP contribution in [0.3, 0.4) is 0 Å². The molecule has 2 aliphatic rings. The first kappa shape index (κ1) is 13.1. The minimum absolute atomic E-state index is 0.0459. The second-order valence-corrected chi connectivity index (χ2v) is 5.35. The Morgan fingerprint density at radius 2 is 2.00 bits per heavy atom. The number of likely N-dealkylation sites (tertiary alicyclic amines) is 1. The molecular formula is C14H17N3O3. The van der Waals surface area contributed by atoms with E-state index in [1.165, 1.54) is 12.1 Å². The molecule has 1 fully saturated rings. The number of nitrogens with zero attached hydrogens (tertiary/aromatic N) is 3. The van der Waals surface area contributed by atoms with Crippen molar-refractivity contribution in [3.63, 3.8) is 0 Å². The summed E-state index contributed by atoms with van der Waals surface area (Å²) in [7, 11) is 0. The quantitative estimate of drug-likeness (QED) is 0.620. The monoisotopic (exact) mass is 275 g/mol. The molecule has 1 aromatic carbocycles. The molecule has 106 valence electrons. The lowest BCUT2D eigenvalue weighted by Crippen LogP contribution is -2.38. The number of non-ortho nitro benzene ring substituents is 1. The molecule has 0 aromatic heterocycles. The third-order valence-electron chi connectivity index (χ3n) is 4.03. The molecule has 1 amide bonds. The lowest BCUT2D eigenvalue weighted by Gasteiger charge is -2.21. The van der Waals surface area contributed by atoms with Crippen molar-refractivity contribution in [2.75, 3.05) is 31.1 Å². The number of carbonyl (C=O) groups excluding carboxylic acids is 1. The van der Waals surface area contributed by atoms with E-state index in [4.69, 9.17) is 0 Å². The Labute approximate surface area is 117 Å². The van der Waals surface area contributed by atoms with E-state index in [0.29, 0.717) is 18.8 Å². The first-order chi connectivity index (χ1) is 9.65. The van der Waals surface area contributed by atoms with Gasteiger partial charge in [0, 0.05) is 18.7 Å². The number of anilines is 1. The van der Waals surface area contributed by atoms with Gasteiger partial charge in [-0.1, -0.05) is 6.07 Å². The van der Waals surface area contributed by atoms with Gasteiger partial charge in [0.05, 0.1) is 17.2 Å². The average Bonchev–Trinajstić information content (AvgIpc) is 3.06. The molecule has 0 radical (unpaired) electrons. The second kappa shape index (κ2) is 5.20. The van der Waals surface area contributed by atoms with Crippen LogP contribution >= 0.6 is 0 Å². The van der Waals surface area contributed by atoms with Crippen molar-refractivity contribution in [3.05, 3.63) is 33.9 Å². The number of hydrogen-bond donors (Lipinski definition) is 0. The summed E-state index contributed by atoms with van der Waals surface area (Å²) in [5, 5.41) is 10.8. The maximum atomic E-state index is 12.4. The molecule has 6 heteroatoms. The van der Waals surface area contributed by atoms with Crippen LogP contribution in [0.4, 0.5) is 11.4 Å². The molecular weight excluding hydrogens is 258 g/mol. The van der Waals surface area contributed by atoms with E-state index in [0.717, 1.165) is 37.9 Å². The zero-order valence-electron chi connectivity index (χ0n) is 11.2. The van der Waals surface area contributed by atoms with Gasteiger partial charge in [-0.25, -0.2) is 0 Å².